The Labute approximate surface area is 176 Å². The van der Waals surface area contributed by atoms with Crippen molar-refractivity contribution in [3.05, 3.63) is 54.6 Å². The Morgan fingerprint density at radius 3 is 2.71 bits per heavy atom. The molecule has 1 aliphatic heterocycles. The van der Waals surface area contributed by atoms with Crippen LogP contribution in [0.1, 0.15) is 6.92 Å². The third kappa shape index (κ3) is 5.02. The van der Waals surface area contributed by atoms with Gasteiger partial charge in [0.1, 0.15) is 11.6 Å². The molecule has 162 valence electrons. The highest BCUT2D eigenvalue weighted by Gasteiger charge is 2.21. The second-order valence-corrected chi connectivity index (χ2v) is 7.00. The monoisotopic (exact) mass is 431 g/mol. The van der Waals surface area contributed by atoms with E-state index in [9.17, 15) is 13.2 Å². The molecule has 10 heteroatoms. The molecule has 1 aromatic carbocycles. The van der Waals surface area contributed by atoms with Crippen molar-refractivity contribution >= 4 is 17.3 Å². The van der Waals surface area contributed by atoms with E-state index >= 15 is 0 Å². The summed E-state index contributed by atoms with van der Waals surface area (Å²) in [6.45, 7) is 0.964. The lowest BCUT2D eigenvalue weighted by atomic mass is 10.1. The Morgan fingerprint density at radius 2 is 1.97 bits per heavy atom. The summed E-state index contributed by atoms with van der Waals surface area (Å²) in [7, 11) is 0. The first-order valence-corrected chi connectivity index (χ1v) is 9.64. The number of benzene rings is 1. The fourth-order valence-corrected chi connectivity index (χ4v) is 3.30. The van der Waals surface area contributed by atoms with Gasteiger partial charge >= 0.3 is 6.61 Å². The van der Waals surface area contributed by atoms with Crippen molar-refractivity contribution in [1.29, 1.82) is 0 Å². The van der Waals surface area contributed by atoms with Crippen LogP contribution in [0.5, 0.6) is 5.75 Å². The minimum Gasteiger partial charge on any atom is -0.435 e. The molecule has 3 aromatic rings. The molecule has 1 N–H and O–H groups in total. The van der Waals surface area contributed by atoms with Crippen molar-refractivity contribution in [3.8, 4) is 16.9 Å². The number of alkyl halides is 2. The number of anilines is 3. The molecule has 0 spiro atoms. The van der Waals surface area contributed by atoms with Crippen molar-refractivity contribution in [2.45, 2.75) is 19.6 Å². The number of morpholine rings is 1. The third-order valence-electron chi connectivity index (χ3n) is 4.83. The second kappa shape index (κ2) is 9.17. The zero-order chi connectivity index (χ0) is 21.8. The lowest BCUT2D eigenvalue weighted by Crippen LogP contribution is -2.44. The maximum atomic E-state index is 14.4. The van der Waals surface area contributed by atoms with Gasteiger partial charge in [-0.1, -0.05) is 12.1 Å². The molecule has 7 nitrogen and oxygen atoms in total. The summed E-state index contributed by atoms with van der Waals surface area (Å²) in [5.74, 6) is 0.503. The van der Waals surface area contributed by atoms with E-state index in [4.69, 9.17) is 4.74 Å². The molecule has 3 heterocycles. The second-order valence-electron chi connectivity index (χ2n) is 7.00. The van der Waals surface area contributed by atoms with Gasteiger partial charge in [0, 0.05) is 18.2 Å². The van der Waals surface area contributed by atoms with E-state index in [0.717, 1.165) is 5.56 Å². The standard InChI is InChI=1S/C21H20F3N5O2/c1-13-12-30-7-6-29(13)20-9-18(17(22)11-25-20)27-19-8-15(10-26-28-19)14-2-4-16(5-3-14)31-21(23)24/h2-5,8-11,13,21H,6-7,12H2,1H3,(H,25,27,28). The zero-order valence-electron chi connectivity index (χ0n) is 16.6. The molecule has 1 aliphatic rings. The van der Waals surface area contributed by atoms with Gasteiger partial charge in [-0.05, 0) is 30.7 Å². The Hall–Kier alpha value is -3.40. The van der Waals surface area contributed by atoms with E-state index in [1.54, 1.807) is 24.3 Å². The summed E-state index contributed by atoms with van der Waals surface area (Å²) < 4.78 is 48.8. The van der Waals surface area contributed by atoms with Crippen LogP contribution in [-0.4, -0.2) is 47.6 Å². The van der Waals surface area contributed by atoms with Gasteiger partial charge in [0.15, 0.2) is 11.6 Å². The third-order valence-corrected chi connectivity index (χ3v) is 4.83. The molecule has 2 aromatic heterocycles. The van der Waals surface area contributed by atoms with Crippen molar-refractivity contribution in [2.24, 2.45) is 0 Å². The average molecular weight is 431 g/mol. The van der Waals surface area contributed by atoms with E-state index in [1.165, 1.54) is 24.5 Å². The van der Waals surface area contributed by atoms with Gasteiger partial charge in [-0.3, -0.25) is 0 Å². The average Bonchev–Trinajstić information content (AvgIpc) is 2.76. The minimum absolute atomic E-state index is 0.0582. The van der Waals surface area contributed by atoms with Crippen molar-refractivity contribution < 1.29 is 22.6 Å². The van der Waals surface area contributed by atoms with E-state index in [-0.39, 0.29) is 17.5 Å². The molecule has 4 rings (SSSR count). The largest absolute Gasteiger partial charge is 0.435 e. The highest BCUT2D eigenvalue weighted by Crippen LogP contribution is 2.28. The Morgan fingerprint density at radius 1 is 1.16 bits per heavy atom. The van der Waals surface area contributed by atoms with Gasteiger partial charge in [-0.25, -0.2) is 9.37 Å². The van der Waals surface area contributed by atoms with Gasteiger partial charge in [0.05, 0.1) is 37.3 Å². The first kappa shape index (κ1) is 20.9. The lowest BCUT2D eigenvalue weighted by molar-refractivity contribution is -0.0498. The number of rotatable bonds is 6. The van der Waals surface area contributed by atoms with Crippen LogP contribution in [0, 0.1) is 5.82 Å². The highest BCUT2D eigenvalue weighted by molar-refractivity contribution is 5.69. The first-order valence-electron chi connectivity index (χ1n) is 9.64. The maximum Gasteiger partial charge on any atom is 0.387 e. The summed E-state index contributed by atoms with van der Waals surface area (Å²) in [4.78, 5) is 6.26. The van der Waals surface area contributed by atoms with Crippen LogP contribution in [-0.2, 0) is 4.74 Å². The number of hydrogen-bond donors (Lipinski definition) is 1. The predicted molar refractivity (Wildman–Crippen MR) is 109 cm³/mol. The molecule has 1 unspecified atom stereocenters. The van der Waals surface area contributed by atoms with Gasteiger partial charge in [-0.15, -0.1) is 5.10 Å². The quantitative estimate of drug-likeness (QED) is 0.626. The molecule has 0 bridgehead atoms. The molecular formula is C21H20F3N5O2. The first-order chi connectivity index (χ1) is 15.0. The molecule has 31 heavy (non-hydrogen) atoms. The normalized spacial score (nSPS) is 16.4. The fraction of sp³-hybridized carbons (Fsp3) is 0.286. The number of aromatic nitrogens is 3. The van der Waals surface area contributed by atoms with Crippen LogP contribution in [0.25, 0.3) is 11.1 Å². The smallest absolute Gasteiger partial charge is 0.387 e. The predicted octanol–water partition coefficient (Wildman–Crippen LogP) is 4.25. The van der Waals surface area contributed by atoms with E-state index in [0.29, 0.717) is 37.0 Å². The molecule has 0 amide bonds. The van der Waals surface area contributed by atoms with Crippen LogP contribution in [0.4, 0.5) is 30.5 Å². The summed E-state index contributed by atoms with van der Waals surface area (Å²) in [6.07, 6.45) is 2.69. The lowest BCUT2D eigenvalue weighted by Gasteiger charge is -2.34. The zero-order valence-corrected chi connectivity index (χ0v) is 16.6. The SMILES string of the molecule is CC1COCCN1c1cc(Nc2cc(-c3ccc(OC(F)F)cc3)cnn2)c(F)cn1. The van der Waals surface area contributed by atoms with Crippen LogP contribution < -0.4 is 15.0 Å². The van der Waals surface area contributed by atoms with Gasteiger partial charge in [0.2, 0.25) is 0 Å². The molecular weight excluding hydrogens is 411 g/mol. The van der Waals surface area contributed by atoms with Crippen LogP contribution in [0.3, 0.4) is 0 Å². The number of pyridine rings is 1. The van der Waals surface area contributed by atoms with Crippen molar-refractivity contribution in [1.82, 2.24) is 15.2 Å². The Bertz CT molecular complexity index is 1040. The number of nitrogens with zero attached hydrogens (tertiary/aromatic N) is 4. The summed E-state index contributed by atoms with van der Waals surface area (Å²) in [5, 5.41) is 10.9. The van der Waals surface area contributed by atoms with Gasteiger partial charge in [-0.2, -0.15) is 13.9 Å². The van der Waals surface area contributed by atoms with Gasteiger partial charge < -0.3 is 19.7 Å². The summed E-state index contributed by atoms with van der Waals surface area (Å²) in [6, 6.07) is 9.57. The Kier molecular flexibility index (Phi) is 6.17. The van der Waals surface area contributed by atoms with Crippen LogP contribution >= 0.6 is 0 Å². The van der Waals surface area contributed by atoms with Crippen molar-refractivity contribution in [2.75, 3.05) is 30.0 Å². The molecule has 1 fully saturated rings. The van der Waals surface area contributed by atoms with Gasteiger partial charge in [0.25, 0.3) is 0 Å². The summed E-state index contributed by atoms with van der Waals surface area (Å²) in [5.41, 5.74) is 1.62. The summed E-state index contributed by atoms with van der Waals surface area (Å²) >= 11 is 0. The van der Waals surface area contributed by atoms with Crippen LogP contribution in [0.2, 0.25) is 0 Å². The van der Waals surface area contributed by atoms with Crippen molar-refractivity contribution in [3.63, 3.8) is 0 Å². The minimum atomic E-state index is -2.88. The Balaban J connectivity index is 1.54. The number of ether oxygens (including phenoxy) is 2. The maximum absolute atomic E-state index is 14.4. The number of halogens is 3. The van der Waals surface area contributed by atoms with E-state index in [2.05, 4.69) is 30.1 Å². The molecule has 1 atom stereocenters. The topological polar surface area (TPSA) is 72.4 Å². The number of hydrogen-bond acceptors (Lipinski definition) is 7. The number of nitrogens with one attached hydrogen (secondary N) is 1. The fourth-order valence-electron chi connectivity index (χ4n) is 3.30. The molecule has 0 radical (unpaired) electrons. The molecule has 0 aliphatic carbocycles. The molecule has 0 saturated carbocycles. The van der Waals surface area contributed by atoms with E-state index < -0.39 is 12.4 Å². The van der Waals surface area contributed by atoms with E-state index in [1.807, 2.05) is 6.92 Å². The molecule has 1 saturated heterocycles. The highest BCUT2D eigenvalue weighted by atomic mass is 19.3. The van der Waals surface area contributed by atoms with Crippen LogP contribution in [0.15, 0.2) is 48.8 Å².